The molecule has 0 aromatic heterocycles. The van der Waals surface area contributed by atoms with Gasteiger partial charge in [0.2, 0.25) is 11.8 Å². The van der Waals surface area contributed by atoms with Gasteiger partial charge in [-0.15, -0.1) is 11.8 Å². The van der Waals surface area contributed by atoms with E-state index in [9.17, 15) is 9.59 Å². The summed E-state index contributed by atoms with van der Waals surface area (Å²) in [6.45, 7) is 1.96. The average molecular weight is 479 g/mol. The summed E-state index contributed by atoms with van der Waals surface area (Å²) in [7, 11) is 0. The molecule has 1 saturated carbocycles. The molecular weight excluding hydrogens is 451 g/mol. The van der Waals surface area contributed by atoms with E-state index in [0.29, 0.717) is 15.6 Å². The predicted octanol–water partition coefficient (Wildman–Crippen LogP) is 5.95. The first-order valence-corrected chi connectivity index (χ1v) is 12.4. The summed E-state index contributed by atoms with van der Waals surface area (Å²) in [5, 5.41) is 4.11. The zero-order chi connectivity index (χ0) is 22.2. The van der Waals surface area contributed by atoms with Gasteiger partial charge in [0.15, 0.2) is 0 Å². The first-order valence-electron chi connectivity index (χ1n) is 10.7. The SMILES string of the molecule is C[C@@H](C(=O)NC1CCCCC1)N(Cc1c(Cl)cccc1Cl)C(=O)CSc1ccccc1. The van der Waals surface area contributed by atoms with Gasteiger partial charge in [-0.1, -0.05) is 66.7 Å². The Kier molecular flexibility index (Phi) is 9.12. The zero-order valence-electron chi connectivity index (χ0n) is 17.7. The van der Waals surface area contributed by atoms with E-state index < -0.39 is 6.04 Å². The minimum atomic E-state index is -0.627. The largest absolute Gasteiger partial charge is 0.352 e. The summed E-state index contributed by atoms with van der Waals surface area (Å²) in [6.07, 6.45) is 5.46. The number of thioether (sulfide) groups is 1. The van der Waals surface area contributed by atoms with Gasteiger partial charge in [-0.05, 0) is 44.0 Å². The molecule has 1 fully saturated rings. The number of hydrogen-bond donors (Lipinski definition) is 1. The molecule has 166 valence electrons. The van der Waals surface area contributed by atoms with Gasteiger partial charge in [-0.2, -0.15) is 0 Å². The Morgan fingerprint density at radius 3 is 2.32 bits per heavy atom. The minimum absolute atomic E-state index is 0.129. The summed E-state index contributed by atoms with van der Waals surface area (Å²) in [5.41, 5.74) is 0.654. The monoisotopic (exact) mass is 478 g/mol. The average Bonchev–Trinajstić information content (AvgIpc) is 2.78. The molecular formula is C24H28Cl2N2O2S. The van der Waals surface area contributed by atoms with Crippen LogP contribution in [0.5, 0.6) is 0 Å². The van der Waals surface area contributed by atoms with Crippen LogP contribution in [-0.4, -0.2) is 34.6 Å². The number of hydrogen-bond acceptors (Lipinski definition) is 3. The Bertz CT molecular complexity index is 868. The highest BCUT2D eigenvalue weighted by atomic mass is 35.5. The molecule has 1 aliphatic rings. The fourth-order valence-corrected chi connectivity index (χ4v) is 5.07. The molecule has 1 atom stereocenters. The first kappa shape index (κ1) is 24.0. The maximum Gasteiger partial charge on any atom is 0.242 e. The fraction of sp³-hybridized carbons (Fsp3) is 0.417. The van der Waals surface area contributed by atoms with Gasteiger partial charge in [0, 0.05) is 33.1 Å². The fourth-order valence-electron chi connectivity index (χ4n) is 3.75. The molecule has 4 nitrogen and oxygen atoms in total. The molecule has 31 heavy (non-hydrogen) atoms. The normalized spacial score (nSPS) is 15.3. The lowest BCUT2D eigenvalue weighted by molar-refractivity contribution is -0.139. The lowest BCUT2D eigenvalue weighted by atomic mass is 9.95. The number of halogens is 2. The maximum atomic E-state index is 13.2. The quantitative estimate of drug-likeness (QED) is 0.476. The van der Waals surface area contributed by atoms with Crippen molar-refractivity contribution < 1.29 is 9.59 Å². The topological polar surface area (TPSA) is 49.4 Å². The van der Waals surface area contributed by atoms with E-state index in [4.69, 9.17) is 23.2 Å². The van der Waals surface area contributed by atoms with Gasteiger partial charge in [-0.25, -0.2) is 0 Å². The van der Waals surface area contributed by atoms with Crippen molar-refractivity contribution in [1.29, 1.82) is 0 Å². The molecule has 0 spiro atoms. The third-order valence-electron chi connectivity index (χ3n) is 5.61. The van der Waals surface area contributed by atoms with Crippen molar-refractivity contribution >= 4 is 46.8 Å². The van der Waals surface area contributed by atoms with Crippen LogP contribution in [0.1, 0.15) is 44.6 Å². The van der Waals surface area contributed by atoms with Crippen molar-refractivity contribution in [1.82, 2.24) is 10.2 Å². The summed E-state index contributed by atoms with van der Waals surface area (Å²) in [5.74, 6) is -0.0306. The van der Waals surface area contributed by atoms with E-state index >= 15 is 0 Å². The van der Waals surface area contributed by atoms with Gasteiger partial charge in [0.1, 0.15) is 6.04 Å². The van der Waals surface area contributed by atoms with Crippen molar-refractivity contribution in [2.24, 2.45) is 0 Å². The number of carbonyl (C=O) groups excluding carboxylic acids is 2. The van der Waals surface area contributed by atoms with E-state index in [0.717, 1.165) is 30.6 Å². The molecule has 0 bridgehead atoms. The Hall–Kier alpha value is -1.69. The van der Waals surface area contributed by atoms with Crippen molar-refractivity contribution in [3.63, 3.8) is 0 Å². The van der Waals surface area contributed by atoms with Crippen LogP contribution in [0.25, 0.3) is 0 Å². The minimum Gasteiger partial charge on any atom is -0.352 e. The number of nitrogens with one attached hydrogen (secondary N) is 1. The molecule has 3 rings (SSSR count). The lowest BCUT2D eigenvalue weighted by Crippen LogP contribution is -2.50. The summed E-state index contributed by atoms with van der Waals surface area (Å²) < 4.78 is 0. The van der Waals surface area contributed by atoms with Gasteiger partial charge in [0.25, 0.3) is 0 Å². The van der Waals surface area contributed by atoms with Crippen LogP contribution in [0.15, 0.2) is 53.4 Å². The van der Waals surface area contributed by atoms with Crippen molar-refractivity contribution in [3.05, 3.63) is 64.1 Å². The third kappa shape index (κ3) is 6.90. The Balaban J connectivity index is 1.75. The molecule has 0 heterocycles. The van der Waals surface area contributed by atoms with Gasteiger partial charge >= 0.3 is 0 Å². The second-order valence-corrected chi connectivity index (χ2v) is 9.71. The van der Waals surface area contributed by atoms with Gasteiger partial charge < -0.3 is 10.2 Å². The molecule has 2 aromatic carbocycles. The van der Waals surface area contributed by atoms with Crippen LogP contribution < -0.4 is 5.32 Å². The van der Waals surface area contributed by atoms with Crippen molar-refractivity contribution in [2.45, 2.75) is 62.6 Å². The number of benzene rings is 2. The Morgan fingerprint density at radius 1 is 1.03 bits per heavy atom. The second-order valence-electron chi connectivity index (χ2n) is 7.84. The van der Waals surface area contributed by atoms with Gasteiger partial charge in [0.05, 0.1) is 5.75 Å². The Labute approximate surface area is 198 Å². The number of amides is 2. The van der Waals surface area contributed by atoms with Crippen LogP contribution in [0, 0.1) is 0 Å². The lowest BCUT2D eigenvalue weighted by Gasteiger charge is -2.31. The zero-order valence-corrected chi connectivity index (χ0v) is 20.0. The number of nitrogens with zero attached hydrogens (tertiary/aromatic N) is 1. The number of rotatable bonds is 8. The highest BCUT2D eigenvalue weighted by molar-refractivity contribution is 8.00. The molecule has 1 N–H and O–H groups in total. The highest BCUT2D eigenvalue weighted by Crippen LogP contribution is 2.27. The summed E-state index contributed by atoms with van der Waals surface area (Å²) in [6, 6.07) is 14.6. The van der Waals surface area contributed by atoms with Crippen LogP contribution in [-0.2, 0) is 16.1 Å². The maximum absolute atomic E-state index is 13.2. The third-order valence-corrected chi connectivity index (χ3v) is 7.32. The standard InChI is InChI=1S/C24H28Cl2N2O2S/c1-17(24(30)27-18-9-4-2-5-10-18)28(15-20-21(25)13-8-14-22(20)26)23(29)16-31-19-11-6-3-7-12-19/h3,6-8,11-14,17-18H,2,4-5,9-10,15-16H2,1H3,(H,27,30)/t17-/m0/s1. The van der Waals surface area contributed by atoms with Gasteiger partial charge in [-0.3, -0.25) is 9.59 Å². The first-order chi connectivity index (χ1) is 15.0. The van der Waals surface area contributed by atoms with E-state index in [-0.39, 0.29) is 30.2 Å². The summed E-state index contributed by atoms with van der Waals surface area (Å²) >= 11 is 14.2. The van der Waals surface area contributed by atoms with Crippen LogP contribution in [0.3, 0.4) is 0 Å². The van der Waals surface area contributed by atoms with Crippen LogP contribution in [0.2, 0.25) is 10.0 Å². The summed E-state index contributed by atoms with van der Waals surface area (Å²) in [4.78, 5) is 28.8. The smallest absolute Gasteiger partial charge is 0.242 e. The molecule has 2 amide bonds. The Morgan fingerprint density at radius 2 is 1.68 bits per heavy atom. The number of carbonyl (C=O) groups is 2. The molecule has 0 saturated heterocycles. The molecule has 1 aliphatic carbocycles. The molecule has 0 unspecified atom stereocenters. The van der Waals surface area contributed by atoms with Crippen molar-refractivity contribution in [2.75, 3.05) is 5.75 Å². The van der Waals surface area contributed by atoms with Crippen LogP contribution >= 0.6 is 35.0 Å². The molecule has 0 aliphatic heterocycles. The van der Waals surface area contributed by atoms with Crippen LogP contribution in [0.4, 0.5) is 0 Å². The van der Waals surface area contributed by atoms with E-state index in [1.807, 2.05) is 30.3 Å². The highest BCUT2D eigenvalue weighted by Gasteiger charge is 2.29. The second kappa shape index (κ2) is 11.8. The predicted molar refractivity (Wildman–Crippen MR) is 129 cm³/mol. The van der Waals surface area contributed by atoms with E-state index in [1.165, 1.54) is 18.2 Å². The van der Waals surface area contributed by atoms with Crippen molar-refractivity contribution in [3.8, 4) is 0 Å². The molecule has 2 aromatic rings. The molecule has 0 radical (unpaired) electrons. The van der Waals surface area contributed by atoms with E-state index in [1.54, 1.807) is 30.0 Å². The van der Waals surface area contributed by atoms with E-state index in [2.05, 4.69) is 5.32 Å². The molecule has 7 heteroatoms.